The van der Waals surface area contributed by atoms with E-state index in [4.69, 9.17) is 0 Å². The van der Waals surface area contributed by atoms with Crippen LogP contribution < -0.4 is 0 Å². The van der Waals surface area contributed by atoms with Crippen LogP contribution >= 0.6 is 0 Å². The monoisotopic (exact) mass is 266 g/mol. The first-order chi connectivity index (χ1) is 7.71. The fraction of sp³-hybridized carbons (Fsp3) is 0.667. The highest BCUT2D eigenvalue weighted by atomic mass is 28.3. The molecule has 0 aliphatic heterocycles. The summed E-state index contributed by atoms with van der Waals surface area (Å²) in [6.45, 7) is 14.4. The molecular formula is C15H30Si2. The Hall–Kier alpha value is -0.306. The minimum Gasteiger partial charge on any atom is -0.130 e. The van der Waals surface area contributed by atoms with Gasteiger partial charge in [-0.3, -0.25) is 0 Å². The second kappa shape index (κ2) is 7.91. The molecule has 17 heavy (non-hydrogen) atoms. The van der Waals surface area contributed by atoms with Crippen molar-refractivity contribution in [1.29, 1.82) is 0 Å². The summed E-state index contributed by atoms with van der Waals surface area (Å²) in [6, 6.07) is 2.55. The van der Waals surface area contributed by atoms with Crippen molar-refractivity contribution in [1.82, 2.24) is 0 Å². The maximum atomic E-state index is 3.31. The molecule has 0 N–H and O–H groups in total. The Balaban J connectivity index is 3.68. The van der Waals surface area contributed by atoms with Crippen molar-refractivity contribution in [2.45, 2.75) is 64.2 Å². The molecule has 0 spiro atoms. The Morgan fingerprint density at radius 1 is 0.706 bits per heavy atom. The molecule has 0 radical (unpaired) electrons. The van der Waals surface area contributed by atoms with E-state index in [-0.39, 0.29) is 0 Å². The highest BCUT2D eigenvalue weighted by Crippen LogP contribution is 2.09. The molecule has 0 amide bonds. The van der Waals surface area contributed by atoms with E-state index in [1.807, 2.05) is 0 Å². The number of hydrogen-bond donors (Lipinski definition) is 0. The highest BCUT2D eigenvalue weighted by molar-refractivity contribution is 6.76. The minimum absolute atomic E-state index is 0.874. The van der Waals surface area contributed by atoms with Gasteiger partial charge in [0.05, 0.1) is 0 Å². The molecule has 0 aliphatic carbocycles. The molecule has 0 unspecified atom stereocenters. The van der Waals surface area contributed by atoms with Crippen molar-refractivity contribution < 1.29 is 0 Å². The molecule has 0 saturated heterocycles. The number of allylic oxidation sites excluding steroid dienone is 3. The molecule has 98 valence electrons. The third-order valence-electron chi connectivity index (χ3n) is 2.32. The van der Waals surface area contributed by atoms with Gasteiger partial charge in [0.1, 0.15) is 0 Å². The molecule has 2 heteroatoms. The van der Waals surface area contributed by atoms with Crippen molar-refractivity contribution in [3.8, 4) is 0 Å². The van der Waals surface area contributed by atoms with Crippen molar-refractivity contribution in [2.24, 2.45) is 0 Å². The van der Waals surface area contributed by atoms with Crippen LogP contribution in [0.2, 0.25) is 51.4 Å². The zero-order valence-electron chi connectivity index (χ0n) is 12.6. The third-order valence-corrected chi connectivity index (χ3v) is 5.21. The van der Waals surface area contributed by atoms with Crippen molar-refractivity contribution >= 4 is 16.1 Å². The van der Waals surface area contributed by atoms with Gasteiger partial charge < -0.3 is 0 Å². The van der Waals surface area contributed by atoms with E-state index >= 15 is 0 Å². The van der Waals surface area contributed by atoms with E-state index in [2.05, 4.69) is 69.3 Å². The van der Waals surface area contributed by atoms with Gasteiger partial charge in [0.15, 0.2) is 0 Å². The summed E-state index contributed by atoms with van der Waals surface area (Å²) in [5.74, 6) is 0. The minimum atomic E-state index is -0.907. The van der Waals surface area contributed by atoms with E-state index in [0.717, 1.165) is 12.8 Å². The van der Waals surface area contributed by atoms with Gasteiger partial charge in [-0.15, -0.1) is 5.73 Å². The molecule has 0 aromatic heterocycles. The van der Waals surface area contributed by atoms with E-state index in [1.165, 1.54) is 12.1 Å². The van der Waals surface area contributed by atoms with Gasteiger partial charge in [-0.1, -0.05) is 51.4 Å². The van der Waals surface area contributed by atoms with E-state index in [1.54, 1.807) is 0 Å². The molecule has 0 saturated carbocycles. The van der Waals surface area contributed by atoms with Crippen molar-refractivity contribution in [2.75, 3.05) is 0 Å². The second-order valence-electron chi connectivity index (χ2n) is 7.15. The quantitative estimate of drug-likeness (QED) is 0.240. The SMILES string of the molecule is C[Si](C)(C)CC=C=CCC/C=C/C[Si](C)(C)C. The van der Waals surface area contributed by atoms with Crippen LogP contribution in [0.15, 0.2) is 30.0 Å². The Morgan fingerprint density at radius 2 is 1.29 bits per heavy atom. The standard InChI is InChI=1S/C15H30Si2/c1-16(2,3)14-12-10-8-7-9-11-13-15-17(4,5)6/h8,11-13H,7,9,14-15H2,1-6H3/b13-11+. The second-order valence-corrected chi connectivity index (χ2v) is 18.2. The summed E-state index contributed by atoms with van der Waals surface area (Å²) in [4.78, 5) is 0. The summed E-state index contributed by atoms with van der Waals surface area (Å²) < 4.78 is 0. The van der Waals surface area contributed by atoms with Crippen LogP contribution in [0.5, 0.6) is 0 Å². The zero-order chi connectivity index (χ0) is 13.4. The van der Waals surface area contributed by atoms with Gasteiger partial charge in [0.2, 0.25) is 0 Å². The van der Waals surface area contributed by atoms with Crippen LogP contribution in [0.25, 0.3) is 0 Å². The molecule has 0 nitrogen and oxygen atoms in total. The Morgan fingerprint density at radius 3 is 1.82 bits per heavy atom. The number of unbranched alkanes of at least 4 members (excludes halogenated alkanes) is 1. The average molecular weight is 267 g/mol. The van der Waals surface area contributed by atoms with Gasteiger partial charge in [-0.25, -0.2) is 0 Å². The van der Waals surface area contributed by atoms with Crippen molar-refractivity contribution in [3.05, 3.63) is 30.0 Å². The van der Waals surface area contributed by atoms with Crippen LogP contribution in [-0.2, 0) is 0 Å². The lowest BCUT2D eigenvalue weighted by molar-refractivity contribution is 1.05. The summed E-state index contributed by atoms with van der Waals surface area (Å²) in [5.41, 5.74) is 3.31. The third kappa shape index (κ3) is 15.7. The summed E-state index contributed by atoms with van der Waals surface area (Å²) in [7, 11) is -1.78. The summed E-state index contributed by atoms with van der Waals surface area (Å²) in [6.07, 6.45) is 11.4. The van der Waals surface area contributed by atoms with Gasteiger partial charge in [-0.05, 0) is 37.1 Å². The largest absolute Gasteiger partial charge is 0.130 e. The lowest BCUT2D eigenvalue weighted by atomic mass is 10.3. The first-order valence-corrected chi connectivity index (χ1v) is 14.2. The molecule has 0 bridgehead atoms. The maximum absolute atomic E-state index is 3.31. The lowest BCUT2D eigenvalue weighted by Gasteiger charge is -2.11. The van der Waals surface area contributed by atoms with Gasteiger partial charge in [0, 0.05) is 16.1 Å². The van der Waals surface area contributed by atoms with Crippen LogP contribution in [0, 0.1) is 0 Å². The smallest absolute Gasteiger partial charge is 0.0487 e. The van der Waals surface area contributed by atoms with Crippen LogP contribution in [0.3, 0.4) is 0 Å². The Bertz CT molecular complexity index is 281. The maximum Gasteiger partial charge on any atom is 0.0487 e. The molecule has 0 aliphatic rings. The lowest BCUT2D eigenvalue weighted by Crippen LogP contribution is -2.17. The Kier molecular flexibility index (Phi) is 7.77. The first kappa shape index (κ1) is 16.7. The predicted octanol–water partition coefficient (Wildman–Crippen LogP) is 5.71. The predicted molar refractivity (Wildman–Crippen MR) is 87.3 cm³/mol. The number of hydrogen-bond acceptors (Lipinski definition) is 0. The fourth-order valence-corrected chi connectivity index (χ4v) is 2.87. The number of rotatable bonds is 7. The molecule has 0 heterocycles. The molecule has 0 atom stereocenters. The normalized spacial score (nSPS) is 12.6. The average Bonchev–Trinajstić information content (AvgIpc) is 2.11. The fourth-order valence-electron chi connectivity index (χ4n) is 1.27. The summed E-state index contributed by atoms with van der Waals surface area (Å²) in [5, 5.41) is 0. The topological polar surface area (TPSA) is 0 Å². The molecule has 0 fully saturated rings. The first-order valence-electron chi connectivity index (χ1n) is 6.75. The van der Waals surface area contributed by atoms with E-state index in [9.17, 15) is 0 Å². The molecule has 0 rings (SSSR count). The van der Waals surface area contributed by atoms with E-state index < -0.39 is 16.1 Å². The van der Waals surface area contributed by atoms with Crippen molar-refractivity contribution in [3.63, 3.8) is 0 Å². The summed E-state index contributed by atoms with van der Waals surface area (Å²) >= 11 is 0. The van der Waals surface area contributed by atoms with Gasteiger partial charge in [-0.2, -0.15) is 0 Å². The molecular weight excluding hydrogens is 236 g/mol. The van der Waals surface area contributed by atoms with Crippen LogP contribution in [0.1, 0.15) is 12.8 Å². The molecule has 0 aromatic carbocycles. The Labute approximate surface area is 111 Å². The van der Waals surface area contributed by atoms with E-state index in [0.29, 0.717) is 0 Å². The van der Waals surface area contributed by atoms with Gasteiger partial charge in [0.25, 0.3) is 0 Å². The highest BCUT2D eigenvalue weighted by Gasteiger charge is 2.09. The zero-order valence-corrected chi connectivity index (χ0v) is 14.6. The van der Waals surface area contributed by atoms with Crippen LogP contribution in [0.4, 0.5) is 0 Å². The van der Waals surface area contributed by atoms with Gasteiger partial charge >= 0.3 is 0 Å². The van der Waals surface area contributed by atoms with Crippen LogP contribution in [-0.4, -0.2) is 16.1 Å². The molecule has 0 aromatic rings.